The molecular weight excluding hydrogens is 368 g/mol. The first-order valence-corrected chi connectivity index (χ1v) is 9.28. The maximum absolute atomic E-state index is 13.3. The SMILES string of the molecule is COCC1(C)CC2(N=C(N)N(C)C2=O)c2cc(-c3cccc(C#N)c3)ccc2O1. The summed E-state index contributed by atoms with van der Waals surface area (Å²) in [6.45, 7) is 2.22. The van der Waals surface area contributed by atoms with Crippen LogP contribution in [0.5, 0.6) is 5.75 Å². The fraction of sp³-hybridized carbons (Fsp3) is 0.318. The van der Waals surface area contributed by atoms with E-state index in [1.165, 1.54) is 4.90 Å². The topological polar surface area (TPSA) is 101 Å². The number of rotatable bonds is 3. The van der Waals surface area contributed by atoms with Crippen LogP contribution in [0.4, 0.5) is 0 Å². The quantitative estimate of drug-likeness (QED) is 0.867. The Morgan fingerprint density at radius 1 is 1.31 bits per heavy atom. The smallest absolute Gasteiger partial charge is 0.261 e. The van der Waals surface area contributed by atoms with Crippen LogP contribution in [0.2, 0.25) is 0 Å². The molecule has 2 aromatic carbocycles. The van der Waals surface area contributed by atoms with Gasteiger partial charge in [0.1, 0.15) is 11.4 Å². The Morgan fingerprint density at radius 3 is 2.72 bits per heavy atom. The number of methoxy groups -OCH3 is 1. The van der Waals surface area contributed by atoms with Gasteiger partial charge in [0.25, 0.3) is 5.91 Å². The van der Waals surface area contributed by atoms with Crippen molar-refractivity contribution in [3.05, 3.63) is 53.6 Å². The molecule has 2 N–H and O–H groups in total. The molecule has 0 aromatic heterocycles. The largest absolute Gasteiger partial charge is 0.485 e. The molecule has 2 heterocycles. The Bertz CT molecular complexity index is 1070. The number of amides is 1. The van der Waals surface area contributed by atoms with Gasteiger partial charge in [-0.05, 0) is 42.3 Å². The highest BCUT2D eigenvalue weighted by Crippen LogP contribution is 2.50. The van der Waals surface area contributed by atoms with Crippen molar-refractivity contribution in [1.29, 1.82) is 5.26 Å². The minimum atomic E-state index is -1.16. The third kappa shape index (κ3) is 2.93. The Labute approximate surface area is 169 Å². The van der Waals surface area contributed by atoms with Crippen LogP contribution in [0.3, 0.4) is 0 Å². The zero-order chi connectivity index (χ0) is 20.8. The van der Waals surface area contributed by atoms with E-state index in [1.54, 1.807) is 20.2 Å². The van der Waals surface area contributed by atoms with E-state index in [0.717, 1.165) is 11.1 Å². The molecule has 1 spiro atoms. The second-order valence-corrected chi connectivity index (χ2v) is 7.76. The van der Waals surface area contributed by atoms with Crippen molar-refractivity contribution in [1.82, 2.24) is 4.90 Å². The first-order chi connectivity index (χ1) is 13.8. The molecule has 0 saturated heterocycles. The normalized spacial score (nSPS) is 25.4. The highest BCUT2D eigenvalue weighted by atomic mass is 16.5. The number of carbonyl (C=O) groups excluding carboxylic acids is 1. The fourth-order valence-electron chi connectivity index (χ4n) is 4.20. The lowest BCUT2D eigenvalue weighted by molar-refractivity contribution is -0.135. The van der Waals surface area contributed by atoms with Crippen LogP contribution in [0.1, 0.15) is 24.5 Å². The van der Waals surface area contributed by atoms with Crippen molar-refractivity contribution in [3.8, 4) is 22.9 Å². The summed E-state index contributed by atoms with van der Waals surface area (Å²) in [5.74, 6) is 0.570. The first-order valence-electron chi connectivity index (χ1n) is 9.28. The molecule has 2 unspecified atom stereocenters. The predicted molar refractivity (Wildman–Crippen MR) is 108 cm³/mol. The van der Waals surface area contributed by atoms with Gasteiger partial charge in [-0.2, -0.15) is 5.26 Å². The summed E-state index contributed by atoms with van der Waals surface area (Å²) >= 11 is 0. The number of benzene rings is 2. The Balaban J connectivity index is 1.90. The van der Waals surface area contributed by atoms with E-state index < -0.39 is 11.1 Å². The zero-order valence-corrected chi connectivity index (χ0v) is 16.6. The highest BCUT2D eigenvalue weighted by molar-refractivity contribution is 6.07. The molecule has 2 aliphatic rings. The van der Waals surface area contributed by atoms with Gasteiger partial charge in [0, 0.05) is 26.1 Å². The standard InChI is InChI=1S/C22H22N4O3/c1-21(13-28-3)12-22(19(27)26(2)20(24)25-22)17-10-16(7-8-18(17)29-21)15-6-4-5-14(9-15)11-23/h4-10H,12-13H2,1-3H3,(H2,24,25). The Morgan fingerprint density at radius 2 is 2.07 bits per heavy atom. The van der Waals surface area contributed by atoms with Crippen molar-refractivity contribution in [2.45, 2.75) is 24.5 Å². The van der Waals surface area contributed by atoms with Gasteiger partial charge in [-0.15, -0.1) is 0 Å². The van der Waals surface area contributed by atoms with E-state index in [9.17, 15) is 10.1 Å². The van der Waals surface area contributed by atoms with Crippen LogP contribution in [0.15, 0.2) is 47.5 Å². The van der Waals surface area contributed by atoms with Gasteiger partial charge in [-0.1, -0.05) is 18.2 Å². The number of nitrogens with zero attached hydrogens (tertiary/aromatic N) is 3. The number of likely N-dealkylation sites (N-methyl/N-ethyl adjacent to an activating group) is 1. The lowest BCUT2D eigenvalue weighted by Gasteiger charge is -2.42. The summed E-state index contributed by atoms with van der Waals surface area (Å²) in [6.07, 6.45) is 0.312. The number of ether oxygens (including phenoxy) is 2. The van der Waals surface area contributed by atoms with Crippen LogP contribution in [0, 0.1) is 11.3 Å². The van der Waals surface area contributed by atoms with E-state index in [-0.39, 0.29) is 11.9 Å². The number of hydrogen-bond acceptors (Lipinski definition) is 6. The van der Waals surface area contributed by atoms with Crippen molar-refractivity contribution >= 4 is 11.9 Å². The van der Waals surface area contributed by atoms with Crippen molar-refractivity contribution in [3.63, 3.8) is 0 Å². The van der Waals surface area contributed by atoms with E-state index in [0.29, 0.717) is 29.9 Å². The number of nitrogens with two attached hydrogens (primary N) is 1. The molecule has 2 atom stereocenters. The number of carbonyl (C=O) groups is 1. The molecule has 0 fully saturated rings. The molecule has 0 saturated carbocycles. The third-order valence-corrected chi connectivity index (χ3v) is 5.49. The van der Waals surface area contributed by atoms with Gasteiger partial charge < -0.3 is 15.2 Å². The number of nitriles is 1. The molecule has 2 aromatic rings. The number of aliphatic imine (C=N–C) groups is 1. The third-order valence-electron chi connectivity index (χ3n) is 5.49. The summed E-state index contributed by atoms with van der Waals surface area (Å²) in [5.41, 5.74) is 7.12. The number of fused-ring (bicyclic) bond motifs is 2. The van der Waals surface area contributed by atoms with Crippen LogP contribution in [0.25, 0.3) is 11.1 Å². The van der Waals surface area contributed by atoms with Gasteiger partial charge in [0.2, 0.25) is 0 Å². The average molecular weight is 390 g/mol. The van der Waals surface area contributed by atoms with Crippen molar-refractivity contribution < 1.29 is 14.3 Å². The Kier molecular flexibility index (Phi) is 4.32. The van der Waals surface area contributed by atoms with E-state index in [1.807, 2.05) is 43.3 Å². The summed E-state index contributed by atoms with van der Waals surface area (Å²) in [6, 6.07) is 15.1. The van der Waals surface area contributed by atoms with Gasteiger partial charge >= 0.3 is 0 Å². The Hall–Kier alpha value is -3.37. The maximum atomic E-state index is 13.3. The first kappa shape index (κ1) is 19.0. The van der Waals surface area contributed by atoms with Gasteiger partial charge in [-0.3, -0.25) is 9.69 Å². The molecule has 7 heteroatoms. The lowest BCUT2D eigenvalue weighted by Crippen LogP contribution is -2.52. The second-order valence-electron chi connectivity index (χ2n) is 7.76. The van der Waals surface area contributed by atoms with Crippen LogP contribution < -0.4 is 10.5 Å². The summed E-state index contributed by atoms with van der Waals surface area (Å²) in [5, 5.41) is 9.21. The number of hydrogen-bond donors (Lipinski definition) is 1. The predicted octanol–water partition coefficient (Wildman–Crippen LogP) is 2.39. The molecule has 0 aliphatic carbocycles. The maximum Gasteiger partial charge on any atom is 0.261 e. The second kappa shape index (κ2) is 6.61. The van der Waals surface area contributed by atoms with Crippen molar-refractivity contribution in [2.75, 3.05) is 20.8 Å². The molecule has 7 nitrogen and oxygen atoms in total. The van der Waals surface area contributed by atoms with Crippen molar-refractivity contribution in [2.24, 2.45) is 10.7 Å². The van der Waals surface area contributed by atoms with Gasteiger partial charge in [0.15, 0.2) is 11.5 Å². The average Bonchev–Trinajstić information content (AvgIpc) is 2.91. The van der Waals surface area contributed by atoms with Crippen LogP contribution >= 0.6 is 0 Å². The zero-order valence-electron chi connectivity index (χ0n) is 16.6. The minimum absolute atomic E-state index is 0.180. The molecule has 0 bridgehead atoms. The molecule has 1 amide bonds. The van der Waals surface area contributed by atoms with Crippen LogP contribution in [-0.2, 0) is 15.1 Å². The molecule has 148 valence electrons. The lowest BCUT2D eigenvalue weighted by atomic mass is 9.76. The van der Waals surface area contributed by atoms with Crippen LogP contribution in [-0.4, -0.2) is 43.1 Å². The summed E-state index contributed by atoms with van der Waals surface area (Å²) in [4.78, 5) is 19.3. The van der Waals surface area contributed by atoms with E-state index >= 15 is 0 Å². The molecule has 0 radical (unpaired) electrons. The molecule has 4 rings (SSSR count). The summed E-state index contributed by atoms with van der Waals surface area (Å²) < 4.78 is 11.6. The van der Waals surface area contributed by atoms with Gasteiger partial charge in [0.05, 0.1) is 18.2 Å². The monoisotopic (exact) mass is 390 g/mol. The molecule has 2 aliphatic heterocycles. The minimum Gasteiger partial charge on any atom is -0.485 e. The van der Waals surface area contributed by atoms with Gasteiger partial charge in [-0.25, -0.2) is 4.99 Å². The number of guanidine groups is 1. The summed E-state index contributed by atoms with van der Waals surface area (Å²) in [7, 11) is 3.22. The fourth-order valence-corrected chi connectivity index (χ4v) is 4.20. The van der Waals surface area contributed by atoms with E-state index in [4.69, 9.17) is 15.2 Å². The highest BCUT2D eigenvalue weighted by Gasteiger charge is 2.56. The van der Waals surface area contributed by atoms with E-state index in [2.05, 4.69) is 11.1 Å². The molecular formula is C22H22N4O3. The molecule has 29 heavy (non-hydrogen) atoms.